The first-order valence-electron chi connectivity index (χ1n) is 4.77. The Kier molecular flexibility index (Phi) is 2.15. The highest BCUT2D eigenvalue weighted by Gasteiger charge is 2.32. The number of carbonyl (C=O) groups is 1. The maximum atomic E-state index is 11.4. The lowest BCUT2D eigenvalue weighted by atomic mass is 10.0. The summed E-state index contributed by atoms with van der Waals surface area (Å²) >= 11 is 0. The fourth-order valence-corrected chi connectivity index (χ4v) is 1.79. The van der Waals surface area contributed by atoms with Crippen molar-refractivity contribution in [3.8, 4) is 5.75 Å². The lowest BCUT2D eigenvalue weighted by Crippen LogP contribution is -1.97. The number of fused-ring (bicyclic) bond motifs is 1. The van der Waals surface area contributed by atoms with Gasteiger partial charge in [0, 0.05) is 5.56 Å². The summed E-state index contributed by atoms with van der Waals surface area (Å²) < 4.78 is 5.15. The molecule has 1 heterocycles. The first-order chi connectivity index (χ1) is 6.74. The Labute approximate surface area is 82.3 Å². The van der Waals surface area contributed by atoms with E-state index in [2.05, 4.69) is 0 Å². The highest BCUT2D eigenvalue weighted by Crippen LogP contribution is 2.39. The van der Waals surface area contributed by atoms with Gasteiger partial charge >= 0.3 is 5.97 Å². The van der Waals surface area contributed by atoms with Crippen molar-refractivity contribution in [3.05, 3.63) is 29.3 Å². The average Bonchev–Trinajstić information content (AvgIpc) is 2.46. The average molecular weight is 192 g/mol. The third kappa shape index (κ3) is 1.25. The summed E-state index contributed by atoms with van der Waals surface area (Å²) in [6.07, 6.45) is 1.42. The van der Waals surface area contributed by atoms with Crippen molar-refractivity contribution in [2.24, 2.45) is 0 Å². The summed E-state index contributed by atoms with van der Waals surface area (Å²) in [5, 5.41) is 9.61. The summed E-state index contributed by atoms with van der Waals surface area (Å²) in [6.45, 7) is 2.02. The van der Waals surface area contributed by atoms with Crippen molar-refractivity contribution >= 4 is 5.97 Å². The van der Waals surface area contributed by atoms with Gasteiger partial charge in [-0.05, 0) is 18.6 Å². The number of rotatable bonds is 2. The summed E-state index contributed by atoms with van der Waals surface area (Å²) in [6, 6.07) is 4.93. The van der Waals surface area contributed by atoms with Gasteiger partial charge < -0.3 is 9.84 Å². The third-order valence-corrected chi connectivity index (χ3v) is 2.43. The molecule has 74 valence electrons. The molecule has 1 aromatic carbocycles. The van der Waals surface area contributed by atoms with Gasteiger partial charge in [0.05, 0.1) is 5.56 Å². The minimum atomic E-state index is -0.325. The van der Waals surface area contributed by atoms with E-state index in [9.17, 15) is 9.90 Å². The molecule has 0 saturated heterocycles. The molecule has 14 heavy (non-hydrogen) atoms. The van der Waals surface area contributed by atoms with Crippen LogP contribution in [0.2, 0.25) is 0 Å². The van der Waals surface area contributed by atoms with E-state index in [1.807, 2.05) is 6.92 Å². The van der Waals surface area contributed by atoms with Gasteiger partial charge in [0.15, 0.2) is 0 Å². The lowest BCUT2D eigenvalue weighted by molar-refractivity contribution is 0.0365. The Bertz CT molecular complexity index is 371. The molecule has 1 N–H and O–H groups in total. The quantitative estimate of drug-likeness (QED) is 0.732. The largest absolute Gasteiger partial charge is 0.508 e. The van der Waals surface area contributed by atoms with Crippen molar-refractivity contribution in [2.75, 3.05) is 0 Å². The molecule has 3 nitrogen and oxygen atoms in total. The van der Waals surface area contributed by atoms with Crippen LogP contribution in [0.4, 0.5) is 0 Å². The van der Waals surface area contributed by atoms with Crippen molar-refractivity contribution < 1.29 is 14.6 Å². The molecule has 0 spiro atoms. The lowest BCUT2D eigenvalue weighted by Gasteiger charge is -2.09. The normalized spacial score (nSPS) is 19.2. The number of aromatic hydroxyl groups is 1. The van der Waals surface area contributed by atoms with Crippen molar-refractivity contribution in [1.82, 2.24) is 0 Å². The number of cyclic esters (lactones) is 1. The first-order valence-corrected chi connectivity index (χ1v) is 4.77. The summed E-state index contributed by atoms with van der Waals surface area (Å²) in [5.74, 6) is -0.166. The second kappa shape index (κ2) is 3.33. The zero-order chi connectivity index (χ0) is 10.1. The SMILES string of the molecule is CCCC1OC(=O)c2cccc(O)c21. The number of esters is 1. The fraction of sp³-hybridized carbons (Fsp3) is 0.364. The standard InChI is InChI=1S/C11H12O3/c1-2-4-9-10-7(11(13)14-9)5-3-6-8(10)12/h3,5-6,9,12H,2,4H2,1H3. The molecule has 0 aliphatic carbocycles. The number of phenols is 1. The van der Waals surface area contributed by atoms with Crippen LogP contribution >= 0.6 is 0 Å². The van der Waals surface area contributed by atoms with E-state index in [1.54, 1.807) is 18.2 Å². The van der Waals surface area contributed by atoms with Gasteiger partial charge in [-0.2, -0.15) is 0 Å². The smallest absolute Gasteiger partial charge is 0.339 e. The minimum absolute atomic E-state index is 0.159. The molecular formula is C11H12O3. The van der Waals surface area contributed by atoms with Gasteiger partial charge in [-0.15, -0.1) is 0 Å². The van der Waals surface area contributed by atoms with Crippen LogP contribution in [0.3, 0.4) is 0 Å². The second-order valence-electron chi connectivity index (χ2n) is 3.42. The first kappa shape index (κ1) is 9.06. The van der Waals surface area contributed by atoms with Gasteiger partial charge in [-0.1, -0.05) is 19.4 Å². The molecule has 3 heteroatoms. The zero-order valence-corrected chi connectivity index (χ0v) is 7.99. The topological polar surface area (TPSA) is 46.5 Å². The van der Waals surface area contributed by atoms with E-state index in [1.165, 1.54) is 0 Å². The molecule has 2 rings (SSSR count). The molecule has 0 saturated carbocycles. The molecule has 0 aromatic heterocycles. The third-order valence-electron chi connectivity index (χ3n) is 2.43. The van der Waals surface area contributed by atoms with Crippen molar-refractivity contribution in [1.29, 1.82) is 0 Å². The molecule has 0 radical (unpaired) electrons. The van der Waals surface area contributed by atoms with Gasteiger partial charge in [-0.25, -0.2) is 4.79 Å². The molecule has 1 unspecified atom stereocenters. The molecule has 0 amide bonds. The van der Waals surface area contributed by atoms with E-state index in [0.717, 1.165) is 12.8 Å². The second-order valence-corrected chi connectivity index (χ2v) is 3.42. The number of hydrogen-bond acceptors (Lipinski definition) is 3. The van der Waals surface area contributed by atoms with Crippen molar-refractivity contribution in [2.45, 2.75) is 25.9 Å². The Morgan fingerprint density at radius 3 is 3.00 bits per heavy atom. The molecule has 1 atom stereocenters. The van der Waals surface area contributed by atoms with E-state index < -0.39 is 0 Å². The van der Waals surface area contributed by atoms with Crippen molar-refractivity contribution in [3.63, 3.8) is 0 Å². The van der Waals surface area contributed by atoms with Crippen LogP contribution in [0.5, 0.6) is 5.75 Å². The Morgan fingerprint density at radius 2 is 2.29 bits per heavy atom. The highest BCUT2D eigenvalue weighted by molar-refractivity contribution is 5.94. The molecule has 1 aliphatic heterocycles. The minimum Gasteiger partial charge on any atom is -0.508 e. The van der Waals surface area contributed by atoms with Gasteiger partial charge in [-0.3, -0.25) is 0 Å². The Morgan fingerprint density at radius 1 is 1.50 bits per heavy atom. The van der Waals surface area contributed by atoms with Gasteiger partial charge in [0.1, 0.15) is 11.9 Å². The maximum Gasteiger partial charge on any atom is 0.339 e. The molecule has 1 aromatic rings. The number of hydrogen-bond donors (Lipinski definition) is 1. The van der Waals surface area contributed by atoms with E-state index in [0.29, 0.717) is 11.1 Å². The van der Waals surface area contributed by atoms with Crippen LogP contribution < -0.4 is 0 Å². The molecule has 0 fully saturated rings. The molecule has 0 bridgehead atoms. The molecule has 1 aliphatic rings. The Balaban J connectivity index is 2.45. The van der Waals surface area contributed by atoms with Crippen LogP contribution in [-0.2, 0) is 4.74 Å². The summed E-state index contributed by atoms with van der Waals surface area (Å²) in [7, 11) is 0. The van der Waals surface area contributed by atoms with Gasteiger partial charge in [0.25, 0.3) is 0 Å². The van der Waals surface area contributed by atoms with Gasteiger partial charge in [0.2, 0.25) is 0 Å². The van der Waals surface area contributed by atoms with E-state index in [-0.39, 0.29) is 17.8 Å². The number of ether oxygens (including phenoxy) is 1. The van der Waals surface area contributed by atoms with Crippen LogP contribution in [0, 0.1) is 0 Å². The van der Waals surface area contributed by atoms with Crippen LogP contribution in [0.1, 0.15) is 41.8 Å². The van der Waals surface area contributed by atoms with E-state index >= 15 is 0 Å². The molecular weight excluding hydrogens is 180 g/mol. The van der Waals surface area contributed by atoms with E-state index in [4.69, 9.17) is 4.74 Å². The maximum absolute atomic E-state index is 11.4. The predicted octanol–water partition coefficient (Wildman–Crippen LogP) is 2.40. The van der Waals surface area contributed by atoms with Crippen LogP contribution in [0.15, 0.2) is 18.2 Å². The summed E-state index contributed by atoms with van der Waals surface area (Å²) in [5.41, 5.74) is 1.16. The fourth-order valence-electron chi connectivity index (χ4n) is 1.79. The zero-order valence-electron chi connectivity index (χ0n) is 7.99. The summed E-state index contributed by atoms with van der Waals surface area (Å²) in [4.78, 5) is 11.4. The number of benzene rings is 1. The number of carbonyl (C=O) groups excluding carboxylic acids is 1. The van der Waals surface area contributed by atoms with Crippen LogP contribution in [-0.4, -0.2) is 11.1 Å². The van der Waals surface area contributed by atoms with Crippen LogP contribution in [0.25, 0.3) is 0 Å². The predicted molar refractivity (Wildman–Crippen MR) is 51.2 cm³/mol. The highest BCUT2D eigenvalue weighted by atomic mass is 16.5. The Hall–Kier alpha value is -1.51. The monoisotopic (exact) mass is 192 g/mol. The number of phenolic OH excluding ortho intramolecular Hbond substituents is 1.